The third kappa shape index (κ3) is 2.67. The topological polar surface area (TPSA) is 49.8 Å². The van der Waals surface area contributed by atoms with Crippen LogP contribution in [0.1, 0.15) is 23.7 Å². The smallest absolute Gasteiger partial charge is 0.258 e. The average molecular weight is 314 g/mol. The maximum absolute atomic E-state index is 12.4. The summed E-state index contributed by atoms with van der Waals surface area (Å²) in [5.41, 5.74) is 0.346. The minimum absolute atomic E-state index is 0.00993. The van der Waals surface area contributed by atoms with Crippen LogP contribution in [-0.2, 0) is 4.74 Å². The molecule has 98 valence electrons. The van der Waals surface area contributed by atoms with Gasteiger partial charge in [-0.25, -0.2) is 0 Å². The predicted molar refractivity (Wildman–Crippen MR) is 71.7 cm³/mol. The van der Waals surface area contributed by atoms with Gasteiger partial charge in [-0.05, 0) is 24.6 Å². The standard InChI is InChI=1S/C13H16BrNO3/c1-2-10-8-18-6-5-15(10)13(17)11-4-3-9(14)7-12(11)16/h3-4,7,10,16H,2,5-6,8H2,1H3. The van der Waals surface area contributed by atoms with Gasteiger partial charge < -0.3 is 14.7 Å². The van der Waals surface area contributed by atoms with Crippen molar-refractivity contribution in [2.75, 3.05) is 19.8 Å². The van der Waals surface area contributed by atoms with Crippen LogP contribution in [0.3, 0.4) is 0 Å². The molecule has 1 N–H and O–H groups in total. The lowest BCUT2D eigenvalue weighted by Gasteiger charge is -2.35. The second-order valence-electron chi connectivity index (χ2n) is 4.30. The third-order valence-electron chi connectivity index (χ3n) is 3.15. The van der Waals surface area contributed by atoms with Gasteiger partial charge in [0.2, 0.25) is 0 Å². The molecule has 1 aliphatic rings. The van der Waals surface area contributed by atoms with Crippen molar-refractivity contribution in [1.82, 2.24) is 4.90 Å². The van der Waals surface area contributed by atoms with Gasteiger partial charge in [0.05, 0.1) is 24.8 Å². The second-order valence-corrected chi connectivity index (χ2v) is 5.21. The molecule has 0 aliphatic carbocycles. The van der Waals surface area contributed by atoms with Gasteiger partial charge >= 0.3 is 0 Å². The number of phenolic OH excluding ortho intramolecular Hbond substituents is 1. The molecule has 2 rings (SSSR count). The largest absolute Gasteiger partial charge is 0.507 e. The number of benzene rings is 1. The Morgan fingerprint density at radius 3 is 3.06 bits per heavy atom. The molecule has 1 saturated heterocycles. The van der Waals surface area contributed by atoms with Crippen molar-refractivity contribution in [3.8, 4) is 5.75 Å². The van der Waals surface area contributed by atoms with Crippen molar-refractivity contribution in [1.29, 1.82) is 0 Å². The van der Waals surface area contributed by atoms with E-state index in [-0.39, 0.29) is 17.7 Å². The lowest BCUT2D eigenvalue weighted by atomic mass is 10.1. The van der Waals surface area contributed by atoms with Gasteiger partial charge in [-0.2, -0.15) is 0 Å². The molecule has 1 amide bonds. The van der Waals surface area contributed by atoms with Crippen LogP contribution in [0.2, 0.25) is 0 Å². The van der Waals surface area contributed by atoms with Crippen LogP contribution in [-0.4, -0.2) is 41.7 Å². The fourth-order valence-corrected chi connectivity index (χ4v) is 2.45. The summed E-state index contributed by atoms with van der Waals surface area (Å²) in [5.74, 6) is -0.120. The van der Waals surface area contributed by atoms with E-state index in [1.54, 1.807) is 17.0 Å². The molecule has 1 unspecified atom stereocenters. The van der Waals surface area contributed by atoms with E-state index in [0.717, 1.165) is 10.9 Å². The summed E-state index contributed by atoms with van der Waals surface area (Å²) in [6.45, 7) is 3.73. The van der Waals surface area contributed by atoms with Crippen molar-refractivity contribution < 1.29 is 14.6 Å². The first-order valence-electron chi connectivity index (χ1n) is 6.00. The Kier molecular flexibility index (Phi) is 4.24. The molecule has 5 heteroatoms. The Morgan fingerprint density at radius 1 is 1.61 bits per heavy atom. The molecule has 18 heavy (non-hydrogen) atoms. The normalized spacial score (nSPS) is 19.9. The number of hydrogen-bond donors (Lipinski definition) is 1. The summed E-state index contributed by atoms with van der Waals surface area (Å²) in [7, 11) is 0. The van der Waals surface area contributed by atoms with Crippen molar-refractivity contribution in [2.24, 2.45) is 0 Å². The van der Waals surface area contributed by atoms with E-state index in [0.29, 0.717) is 25.3 Å². The van der Waals surface area contributed by atoms with E-state index < -0.39 is 0 Å². The van der Waals surface area contributed by atoms with Crippen molar-refractivity contribution in [3.05, 3.63) is 28.2 Å². The Hall–Kier alpha value is -1.07. The molecule has 1 fully saturated rings. The summed E-state index contributed by atoms with van der Waals surface area (Å²) in [6, 6.07) is 5.03. The average Bonchev–Trinajstić information content (AvgIpc) is 2.38. The van der Waals surface area contributed by atoms with Crippen molar-refractivity contribution in [2.45, 2.75) is 19.4 Å². The molecule has 1 aromatic rings. The maximum Gasteiger partial charge on any atom is 0.258 e. The molecule has 0 bridgehead atoms. The number of carbonyl (C=O) groups is 1. The summed E-state index contributed by atoms with van der Waals surface area (Å²) in [5, 5.41) is 9.84. The molecule has 0 radical (unpaired) electrons. The van der Waals surface area contributed by atoms with Crippen LogP contribution in [0.15, 0.2) is 22.7 Å². The Balaban J connectivity index is 2.24. The van der Waals surface area contributed by atoms with Gasteiger partial charge in [0.15, 0.2) is 0 Å². The minimum atomic E-state index is -0.129. The molecule has 1 aliphatic heterocycles. The van der Waals surface area contributed by atoms with Crippen LogP contribution >= 0.6 is 15.9 Å². The number of ether oxygens (including phenoxy) is 1. The zero-order chi connectivity index (χ0) is 13.1. The van der Waals surface area contributed by atoms with Crippen LogP contribution in [0.25, 0.3) is 0 Å². The molecular weight excluding hydrogens is 298 g/mol. The number of hydrogen-bond acceptors (Lipinski definition) is 3. The molecule has 0 aromatic heterocycles. The lowest BCUT2D eigenvalue weighted by molar-refractivity contribution is -0.00293. The Bertz CT molecular complexity index is 450. The first-order valence-corrected chi connectivity index (χ1v) is 6.80. The van der Waals surface area contributed by atoms with Crippen LogP contribution < -0.4 is 0 Å². The monoisotopic (exact) mass is 313 g/mol. The molecule has 0 saturated carbocycles. The van der Waals surface area contributed by atoms with Gasteiger partial charge in [-0.1, -0.05) is 22.9 Å². The highest BCUT2D eigenvalue weighted by Gasteiger charge is 2.28. The van der Waals surface area contributed by atoms with Crippen LogP contribution in [0.5, 0.6) is 5.75 Å². The van der Waals surface area contributed by atoms with E-state index in [1.165, 1.54) is 6.07 Å². The Labute approximate surface area is 115 Å². The first kappa shape index (κ1) is 13.4. The van der Waals surface area contributed by atoms with Gasteiger partial charge in [-0.3, -0.25) is 4.79 Å². The van der Waals surface area contributed by atoms with Crippen molar-refractivity contribution in [3.63, 3.8) is 0 Å². The fourth-order valence-electron chi connectivity index (χ4n) is 2.10. The number of nitrogens with zero attached hydrogens (tertiary/aromatic N) is 1. The van der Waals surface area contributed by atoms with E-state index in [2.05, 4.69) is 15.9 Å². The fraction of sp³-hybridized carbons (Fsp3) is 0.462. The van der Waals surface area contributed by atoms with Crippen LogP contribution in [0.4, 0.5) is 0 Å². The third-order valence-corrected chi connectivity index (χ3v) is 3.64. The van der Waals surface area contributed by atoms with Crippen molar-refractivity contribution >= 4 is 21.8 Å². The summed E-state index contributed by atoms with van der Waals surface area (Å²) >= 11 is 3.26. The highest BCUT2D eigenvalue weighted by Crippen LogP contribution is 2.25. The molecule has 1 heterocycles. The van der Waals surface area contributed by atoms with Gasteiger partial charge in [0, 0.05) is 11.0 Å². The zero-order valence-electron chi connectivity index (χ0n) is 10.2. The zero-order valence-corrected chi connectivity index (χ0v) is 11.8. The van der Waals surface area contributed by atoms with E-state index in [4.69, 9.17) is 4.74 Å². The number of rotatable bonds is 2. The van der Waals surface area contributed by atoms with Gasteiger partial charge in [0.1, 0.15) is 5.75 Å². The summed E-state index contributed by atoms with van der Waals surface area (Å²) in [4.78, 5) is 14.2. The van der Waals surface area contributed by atoms with E-state index in [9.17, 15) is 9.90 Å². The number of morpholine rings is 1. The predicted octanol–water partition coefficient (Wildman–Crippen LogP) is 2.41. The molecule has 1 atom stereocenters. The number of phenols is 1. The number of amides is 1. The second kappa shape index (κ2) is 5.71. The van der Waals surface area contributed by atoms with Crippen LogP contribution in [0, 0.1) is 0 Å². The highest BCUT2D eigenvalue weighted by atomic mass is 79.9. The molecular formula is C13H16BrNO3. The summed E-state index contributed by atoms with van der Waals surface area (Å²) in [6.07, 6.45) is 0.850. The maximum atomic E-state index is 12.4. The minimum Gasteiger partial charge on any atom is -0.507 e. The SMILES string of the molecule is CCC1COCCN1C(=O)c1ccc(Br)cc1O. The molecule has 4 nitrogen and oxygen atoms in total. The number of carbonyl (C=O) groups excluding carboxylic acids is 1. The van der Waals surface area contributed by atoms with Gasteiger partial charge in [-0.15, -0.1) is 0 Å². The van der Waals surface area contributed by atoms with E-state index >= 15 is 0 Å². The molecule has 1 aromatic carbocycles. The highest BCUT2D eigenvalue weighted by molar-refractivity contribution is 9.10. The first-order chi connectivity index (χ1) is 8.63. The summed E-state index contributed by atoms with van der Waals surface area (Å²) < 4.78 is 6.13. The number of halogens is 1. The quantitative estimate of drug-likeness (QED) is 0.912. The van der Waals surface area contributed by atoms with E-state index in [1.807, 2.05) is 6.92 Å². The lowest BCUT2D eigenvalue weighted by Crippen LogP contribution is -2.48. The Morgan fingerprint density at radius 2 is 2.39 bits per heavy atom. The van der Waals surface area contributed by atoms with Gasteiger partial charge in [0.25, 0.3) is 5.91 Å². The number of aromatic hydroxyl groups is 1. The molecule has 0 spiro atoms.